The van der Waals surface area contributed by atoms with Crippen LogP contribution < -0.4 is 5.32 Å². The molecule has 0 heterocycles. The molecule has 6 heteroatoms. The zero-order valence-corrected chi connectivity index (χ0v) is 12.3. The van der Waals surface area contributed by atoms with Gasteiger partial charge in [-0.05, 0) is 30.9 Å². The maximum absolute atomic E-state index is 11.6. The van der Waals surface area contributed by atoms with Crippen LogP contribution >= 0.6 is 0 Å². The Labute approximate surface area is 123 Å². The molecule has 0 radical (unpaired) electrons. The molecule has 0 saturated heterocycles. The van der Waals surface area contributed by atoms with E-state index in [4.69, 9.17) is 0 Å². The number of rotatable bonds is 4. The first kappa shape index (κ1) is 15.3. The van der Waals surface area contributed by atoms with Crippen LogP contribution in [-0.4, -0.2) is 24.0 Å². The Morgan fingerprint density at radius 1 is 1.38 bits per heavy atom. The third-order valence-corrected chi connectivity index (χ3v) is 4.07. The number of ether oxygens (including phenoxy) is 1. The lowest BCUT2D eigenvalue weighted by Gasteiger charge is -2.30. The van der Waals surface area contributed by atoms with E-state index in [1.807, 2.05) is 0 Å². The minimum absolute atomic E-state index is 0.0135. The number of carbonyl (C=O) groups excluding carboxylic acids is 1. The average molecular weight is 292 g/mol. The Kier molecular flexibility index (Phi) is 4.77. The monoisotopic (exact) mass is 292 g/mol. The number of nitro groups is 1. The van der Waals surface area contributed by atoms with Crippen molar-refractivity contribution in [3.8, 4) is 0 Å². The van der Waals surface area contributed by atoms with Crippen molar-refractivity contribution in [3.05, 3.63) is 33.9 Å². The van der Waals surface area contributed by atoms with Crippen LogP contribution in [0.2, 0.25) is 0 Å². The van der Waals surface area contributed by atoms with Crippen LogP contribution in [0.25, 0.3) is 0 Å². The quantitative estimate of drug-likeness (QED) is 0.522. The van der Waals surface area contributed by atoms with E-state index in [2.05, 4.69) is 17.0 Å². The number of benzene rings is 1. The first-order valence-electron chi connectivity index (χ1n) is 7.16. The van der Waals surface area contributed by atoms with E-state index in [1.54, 1.807) is 0 Å². The molecule has 1 aliphatic rings. The summed E-state index contributed by atoms with van der Waals surface area (Å²) in [5.41, 5.74) is 0.691. The molecule has 0 aromatic heterocycles. The predicted molar refractivity (Wildman–Crippen MR) is 79.5 cm³/mol. The zero-order valence-electron chi connectivity index (χ0n) is 12.3. The van der Waals surface area contributed by atoms with Gasteiger partial charge in [0, 0.05) is 12.1 Å². The fourth-order valence-electron chi connectivity index (χ4n) is 2.79. The van der Waals surface area contributed by atoms with Crippen molar-refractivity contribution >= 4 is 17.3 Å². The Hall–Kier alpha value is -2.11. The molecule has 1 fully saturated rings. The predicted octanol–water partition coefficient (Wildman–Crippen LogP) is 3.37. The number of nitrogens with one attached hydrogen (secondary N) is 1. The van der Waals surface area contributed by atoms with E-state index >= 15 is 0 Å². The van der Waals surface area contributed by atoms with Crippen molar-refractivity contribution in [3.63, 3.8) is 0 Å². The zero-order chi connectivity index (χ0) is 15.4. The molecule has 6 nitrogen and oxygen atoms in total. The van der Waals surface area contributed by atoms with Crippen LogP contribution in [0.4, 0.5) is 11.4 Å². The number of anilines is 1. The van der Waals surface area contributed by atoms with Gasteiger partial charge >= 0.3 is 5.97 Å². The van der Waals surface area contributed by atoms with Crippen LogP contribution in [-0.2, 0) is 4.74 Å². The van der Waals surface area contributed by atoms with Crippen molar-refractivity contribution in [2.24, 2.45) is 5.92 Å². The minimum atomic E-state index is -0.496. The normalized spacial score (nSPS) is 21.6. The second-order valence-electron chi connectivity index (χ2n) is 5.49. The number of esters is 1. The average Bonchev–Trinajstić information content (AvgIpc) is 2.48. The van der Waals surface area contributed by atoms with Crippen LogP contribution in [0.1, 0.15) is 43.0 Å². The van der Waals surface area contributed by atoms with E-state index in [0.717, 1.165) is 19.3 Å². The molecule has 0 bridgehead atoms. The van der Waals surface area contributed by atoms with Crippen molar-refractivity contribution in [2.75, 3.05) is 12.4 Å². The van der Waals surface area contributed by atoms with Gasteiger partial charge < -0.3 is 10.1 Å². The number of hydrogen-bond donors (Lipinski definition) is 1. The van der Waals surface area contributed by atoms with E-state index in [1.165, 1.54) is 31.7 Å². The maximum Gasteiger partial charge on any atom is 0.337 e. The largest absolute Gasteiger partial charge is 0.465 e. The van der Waals surface area contributed by atoms with Gasteiger partial charge in [-0.3, -0.25) is 10.1 Å². The summed E-state index contributed by atoms with van der Waals surface area (Å²) in [6, 6.07) is 4.47. The Bertz CT molecular complexity index is 544. The summed E-state index contributed by atoms with van der Waals surface area (Å²) < 4.78 is 4.67. The number of hydrogen-bond acceptors (Lipinski definition) is 5. The van der Waals surface area contributed by atoms with Crippen molar-refractivity contribution in [1.82, 2.24) is 0 Å². The number of nitro benzene ring substituents is 1. The van der Waals surface area contributed by atoms with E-state index in [9.17, 15) is 14.9 Å². The van der Waals surface area contributed by atoms with Crippen LogP contribution in [0.5, 0.6) is 0 Å². The molecule has 2 atom stereocenters. The maximum atomic E-state index is 11.6. The van der Waals surface area contributed by atoms with E-state index in [-0.39, 0.29) is 11.7 Å². The van der Waals surface area contributed by atoms with E-state index < -0.39 is 10.9 Å². The Morgan fingerprint density at radius 3 is 2.71 bits per heavy atom. The van der Waals surface area contributed by atoms with Crippen molar-refractivity contribution in [2.45, 2.75) is 38.6 Å². The molecule has 21 heavy (non-hydrogen) atoms. The lowest BCUT2D eigenvalue weighted by Crippen LogP contribution is -2.30. The Morgan fingerprint density at radius 2 is 2.10 bits per heavy atom. The van der Waals surface area contributed by atoms with Crippen LogP contribution in [0, 0.1) is 16.0 Å². The van der Waals surface area contributed by atoms with Gasteiger partial charge in [0.1, 0.15) is 5.69 Å². The van der Waals surface area contributed by atoms with Crippen LogP contribution in [0.3, 0.4) is 0 Å². The molecule has 1 N–H and O–H groups in total. The first-order chi connectivity index (χ1) is 10.0. The Balaban J connectivity index is 2.29. The van der Waals surface area contributed by atoms with Gasteiger partial charge in [0.05, 0.1) is 17.6 Å². The van der Waals surface area contributed by atoms with Gasteiger partial charge in [-0.2, -0.15) is 0 Å². The summed E-state index contributed by atoms with van der Waals surface area (Å²) >= 11 is 0. The van der Waals surface area contributed by atoms with Gasteiger partial charge in [0.15, 0.2) is 0 Å². The van der Waals surface area contributed by atoms with Gasteiger partial charge in [0.2, 0.25) is 0 Å². The fourth-order valence-corrected chi connectivity index (χ4v) is 2.79. The third kappa shape index (κ3) is 3.51. The first-order valence-corrected chi connectivity index (χ1v) is 7.16. The minimum Gasteiger partial charge on any atom is -0.465 e. The highest BCUT2D eigenvalue weighted by molar-refractivity contribution is 5.91. The molecular formula is C15H20N2O4. The topological polar surface area (TPSA) is 81.5 Å². The third-order valence-electron chi connectivity index (χ3n) is 4.07. The standard InChI is InChI=1S/C15H20N2O4/c1-10-5-3-4-6-12(10)16-13-9-11(15(18)21-2)7-8-14(13)17(19)20/h7-10,12,16H,3-6H2,1-2H3. The summed E-state index contributed by atoms with van der Waals surface area (Å²) in [4.78, 5) is 22.3. The van der Waals surface area contributed by atoms with Gasteiger partial charge in [-0.15, -0.1) is 0 Å². The lowest BCUT2D eigenvalue weighted by molar-refractivity contribution is -0.384. The summed E-state index contributed by atoms with van der Waals surface area (Å²) in [7, 11) is 1.29. The molecule has 2 unspecified atom stereocenters. The summed E-state index contributed by atoms with van der Waals surface area (Å²) in [6.45, 7) is 2.15. The van der Waals surface area contributed by atoms with Gasteiger partial charge in [0.25, 0.3) is 5.69 Å². The van der Waals surface area contributed by atoms with Gasteiger partial charge in [-0.25, -0.2) is 4.79 Å². The molecular weight excluding hydrogens is 272 g/mol. The molecule has 1 aromatic carbocycles. The fraction of sp³-hybridized carbons (Fsp3) is 0.533. The molecule has 1 saturated carbocycles. The highest BCUT2D eigenvalue weighted by atomic mass is 16.6. The molecule has 1 aliphatic carbocycles. The van der Waals surface area contributed by atoms with Gasteiger partial charge in [-0.1, -0.05) is 19.8 Å². The molecule has 2 rings (SSSR count). The molecule has 0 aliphatic heterocycles. The number of carbonyl (C=O) groups is 1. The smallest absolute Gasteiger partial charge is 0.337 e. The lowest BCUT2D eigenvalue weighted by atomic mass is 9.86. The summed E-state index contributed by atoms with van der Waals surface area (Å²) in [5.74, 6) is -0.0372. The summed E-state index contributed by atoms with van der Waals surface area (Å²) in [6.07, 6.45) is 4.42. The molecule has 0 amide bonds. The van der Waals surface area contributed by atoms with E-state index in [0.29, 0.717) is 17.2 Å². The second-order valence-corrected chi connectivity index (χ2v) is 5.49. The number of methoxy groups -OCH3 is 1. The molecule has 114 valence electrons. The highest BCUT2D eigenvalue weighted by Crippen LogP contribution is 2.31. The molecule has 1 aromatic rings. The number of nitrogens with zero attached hydrogens (tertiary/aromatic N) is 1. The second kappa shape index (κ2) is 6.56. The van der Waals surface area contributed by atoms with Crippen molar-refractivity contribution < 1.29 is 14.5 Å². The highest BCUT2D eigenvalue weighted by Gasteiger charge is 2.25. The van der Waals surface area contributed by atoms with Crippen molar-refractivity contribution in [1.29, 1.82) is 0 Å². The van der Waals surface area contributed by atoms with Crippen LogP contribution in [0.15, 0.2) is 18.2 Å². The summed E-state index contributed by atoms with van der Waals surface area (Å²) in [5, 5.41) is 14.4. The molecule has 0 spiro atoms. The SMILES string of the molecule is COC(=O)c1ccc([N+](=O)[O-])c(NC2CCCCC2C)c1.